The Labute approximate surface area is 171 Å². The number of carbonyl (C=O) groups excluding carboxylic acids is 1. The van der Waals surface area contributed by atoms with E-state index in [-0.39, 0.29) is 12.5 Å². The predicted molar refractivity (Wildman–Crippen MR) is 115 cm³/mol. The zero-order valence-corrected chi connectivity index (χ0v) is 17.0. The molecular weight excluding hydrogens is 372 g/mol. The number of hydrogen-bond acceptors (Lipinski definition) is 2. The topological polar surface area (TPSA) is 56.7 Å². The van der Waals surface area contributed by atoms with E-state index in [1.54, 1.807) is 0 Å². The second-order valence-electron chi connectivity index (χ2n) is 6.84. The molecule has 0 fully saturated rings. The SMILES string of the molecule is CCNC(=NCC(=O)N1CCc2ccccc2C1)NCCc1cccc(Cl)c1. The largest absolute Gasteiger partial charge is 0.357 e. The number of hydrogen-bond donors (Lipinski definition) is 2. The standard InChI is InChI=1S/C22H27ClN4O/c1-2-24-22(25-12-10-17-6-5-9-20(23)14-17)26-15-21(28)27-13-11-18-7-3-4-8-19(18)16-27/h3-9,14H,2,10-13,15-16H2,1H3,(H2,24,25,26). The van der Waals surface area contributed by atoms with Gasteiger partial charge in [-0.3, -0.25) is 4.79 Å². The first-order valence-electron chi connectivity index (χ1n) is 9.77. The summed E-state index contributed by atoms with van der Waals surface area (Å²) >= 11 is 6.03. The number of nitrogens with zero attached hydrogens (tertiary/aromatic N) is 2. The van der Waals surface area contributed by atoms with Crippen LogP contribution in [0.25, 0.3) is 0 Å². The van der Waals surface area contributed by atoms with Gasteiger partial charge in [-0.2, -0.15) is 0 Å². The van der Waals surface area contributed by atoms with Gasteiger partial charge in [0.2, 0.25) is 5.91 Å². The van der Waals surface area contributed by atoms with Crippen LogP contribution in [0.15, 0.2) is 53.5 Å². The molecule has 1 aliphatic heterocycles. The molecule has 2 aromatic rings. The summed E-state index contributed by atoms with van der Waals surface area (Å²) in [6.45, 7) is 5.05. The van der Waals surface area contributed by atoms with Crippen LogP contribution in [0, 0.1) is 0 Å². The van der Waals surface area contributed by atoms with E-state index in [4.69, 9.17) is 11.6 Å². The molecule has 1 amide bonds. The molecule has 1 heterocycles. The third-order valence-electron chi connectivity index (χ3n) is 4.80. The summed E-state index contributed by atoms with van der Waals surface area (Å²) in [6, 6.07) is 16.2. The molecule has 2 N–H and O–H groups in total. The minimum absolute atomic E-state index is 0.0570. The number of nitrogens with one attached hydrogen (secondary N) is 2. The first-order chi connectivity index (χ1) is 13.7. The van der Waals surface area contributed by atoms with Gasteiger partial charge < -0.3 is 15.5 Å². The molecule has 0 aromatic heterocycles. The number of aliphatic imine (C=N–C) groups is 1. The molecule has 0 spiro atoms. The van der Waals surface area contributed by atoms with Crippen molar-refractivity contribution in [1.29, 1.82) is 0 Å². The monoisotopic (exact) mass is 398 g/mol. The molecule has 0 radical (unpaired) electrons. The van der Waals surface area contributed by atoms with E-state index < -0.39 is 0 Å². The quantitative estimate of drug-likeness (QED) is 0.581. The van der Waals surface area contributed by atoms with Gasteiger partial charge in [0.1, 0.15) is 6.54 Å². The van der Waals surface area contributed by atoms with E-state index in [0.717, 1.165) is 37.5 Å². The van der Waals surface area contributed by atoms with Gasteiger partial charge in [-0.1, -0.05) is 48.0 Å². The maximum absolute atomic E-state index is 12.6. The van der Waals surface area contributed by atoms with Crippen molar-refractivity contribution in [3.05, 3.63) is 70.2 Å². The molecule has 28 heavy (non-hydrogen) atoms. The van der Waals surface area contributed by atoms with E-state index >= 15 is 0 Å². The Morgan fingerprint density at radius 1 is 1.14 bits per heavy atom. The van der Waals surface area contributed by atoms with Crippen LogP contribution in [0.1, 0.15) is 23.6 Å². The highest BCUT2D eigenvalue weighted by molar-refractivity contribution is 6.30. The smallest absolute Gasteiger partial charge is 0.244 e. The third kappa shape index (κ3) is 5.73. The van der Waals surface area contributed by atoms with Crippen LogP contribution in [-0.2, 0) is 24.2 Å². The van der Waals surface area contributed by atoms with Crippen LogP contribution < -0.4 is 10.6 Å². The lowest BCUT2D eigenvalue weighted by Gasteiger charge is -2.28. The molecule has 0 unspecified atom stereocenters. The molecule has 1 aliphatic rings. The second-order valence-corrected chi connectivity index (χ2v) is 7.27. The summed E-state index contributed by atoms with van der Waals surface area (Å²) in [6.07, 6.45) is 1.74. The molecule has 3 rings (SSSR count). The van der Waals surface area contributed by atoms with Gasteiger partial charge in [0, 0.05) is 31.2 Å². The number of benzene rings is 2. The van der Waals surface area contributed by atoms with Crippen molar-refractivity contribution in [3.63, 3.8) is 0 Å². The van der Waals surface area contributed by atoms with E-state index in [0.29, 0.717) is 12.5 Å². The van der Waals surface area contributed by atoms with Crippen LogP contribution in [0.5, 0.6) is 0 Å². The van der Waals surface area contributed by atoms with E-state index in [1.165, 1.54) is 16.7 Å². The number of fused-ring (bicyclic) bond motifs is 1. The predicted octanol–water partition coefficient (Wildman–Crippen LogP) is 3.02. The van der Waals surface area contributed by atoms with Crippen molar-refractivity contribution < 1.29 is 4.79 Å². The molecule has 2 aromatic carbocycles. The van der Waals surface area contributed by atoms with Gasteiger partial charge in [0.25, 0.3) is 0 Å². The number of amides is 1. The van der Waals surface area contributed by atoms with Crippen molar-refractivity contribution >= 4 is 23.5 Å². The summed E-state index contributed by atoms with van der Waals surface area (Å²) < 4.78 is 0. The van der Waals surface area contributed by atoms with Gasteiger partial charge >= 0.3 is 0 Å². The number of halogens is 1. The molecular formula is C22H27ClN4O. The first kappa shape index (κ1) is 20.2. The first-order valence-corrected chi connectivity index (χ1v) is 10.1. The minimum atomic E-state index is 0.0570. The lowest BCUT2D eigenvalue weighted by atomic mass is 10.00. The number of rotatable bonds is 6. The zero-order valence-electron chi connectivity index (χ0n) is 16.2. The lowest BCUT2D eigenvalue weighted by molar-refractivity contribution is -0.130. The summed E-state index contributed by atoms with van der Waals surface area (Å²) in [5, 5.41) is 7.23. The number of guanidine groups is 1. The van der Waals surface area contributed by atoms with Crippen LogP contribution in [-0.4, -0.2) is 42.9 Å². The Kier molecular flexibility index (Phi) is 7.31. The highest BCUT2D eigenvalue weighted by atomic mass is 35.5. The second kappa shape index (κ2) is 10.1. The highest BCUT2D eigenvalue weighted by Crippen LogP contribution is 2.18. The van der Waals surface area contributed by atoms with E-state index in [1.807, 2.05) is 36.1 Å². The summed E-state index contributed by atoms with van der Waals surface area (Å²) in [5.74, 6) is 0.719. The maximum Gasteiger partial charge on any atom is 0.244 e. The van der Waals surface area contributed by atoms with Crippen molar-refractivity contribution in [2.75, 3.05) is 26.2 Å². The molecule has 5 nitrogen and oxygen atoms in total. The Hall–Kier alpha value is -2.53. The Bertz CT molecular complexity index is 837. The summed E-state index contributed by atoms with van der Waals surface area (Å²) in [7, 11) is 0. The molecule has 0 saturated heterocycles. The normalized spacial score (nSPS) is 13.8. The van der Waals surface area contributed by atoms with Gasteiger partial charge in [-0.25, -0.2) is 4.99 Å². The van der Waals surface area contributed by atoms with E-state index in [2.05, 4.69) is 39.9 Å². The maximum atomic E-state index is 12.6. The summed E-state index contributed by atoms with van der Waals surface area (Å²) in [4.78, 5) is 19.0. The fraction of sp³-hybridized carbons (Fsp3) is 0.364. The lowest BCUT2D eigenvalue weighted by Crippen LogP contribution is -2.41. The molecule has 0 atom stereocenters. The Balaban J connectivity index is 1.51. The third-order valence-corrected chi connectivity index (χ3v) is 5.03. The van der Waals surface area contributed by atoms with Gasteiger partial charge in [-0.15, -0.1) is 0 Å². The van der Waals surface area contributed by atoms with Crippen molar-refractivity contribution in [3.8, 4) is 0 Å². The van der Waals surface area contributed by atoms with Crippen LogP contribution in [0.3, 0.4) is 0 Å². The van der Waals surface area contributed by atoms with Gasteiger partial charge in [0.05, 0.1) is 0 Å². The Morgan fingerprint density at radius 3 is 2.75 bits per heavy atom. The molecule has 0 aliphatic carbocycles. The minimum Gasteiger partial charge on any atom is -0.357 e. The van der Waals surface area contributed by atoms with Crippen LogP contribution in [0.4, 0.5) is 0 Å². The Morgan fingerprint density at radius 2 is 1.96 bits per heavy atom. The average molecular weight is 399 g/mol. The highest BCUT2D eigenvalue weighted by Gasteiger charge is 2.19. The summed E-state index contributed by atoms with van der Waals surface area (Å²) in [5.41, 5.74) is 3.74. The molecule has 148 valence electrons. The zero-order chi connectivity index (χ0) is 19.8. The average Bonchev–Trinajstić information content (AvgIpc) is 2.71. The molecule has 0 saturated carbocycles. The fourth-order valence-electron chi connectivity index (χ4n) is 3.31. The molecule has 6 heteroatoms. The van der Waals surface area contributed by atoms with Gasteiger partial charge in [0.15, 0.2) is 5.96 Å². The van der Waals surface area contributed by atoms with Crippen LogP contribution >= 0.6 is 11.6 Å². The van der Waals surface area contributed by atoms with Crippen molar-refractivity contribution in [2.45, 2.75) is 26.3 Å². The van der Waals surface area contributed by atoms with Crippen LogP contribution in [0.2, 0.25) is 5.02 Å². The number of carbonyl (C=O) groups is 1. The van der Waals surface area contributed by atoms with Gasteiger partial charge in [-0.05, 0) is 48.6 Å². The van der Waals surface area contributed by atoms with Crippen molar-refractivity contribution in [2.24, 2.45) is 4.99 Å². The fourth-order valence-corrected chi connectivity index (χ4v) is 3.53. The molecule has 0 bridgehead atoms. The van der Waals surface area contributed by atoms with Crippen molar-refractivity contribution in [1.82, 2.24) is 15.5 Å². The van der Waals surface area contributed by atoms with E-state index in [9.17, 15) is 4.79 Å².